The highest BCUT2D eigenvalue weighted by atomic mass is 16.5. The molecule has 0 saturated heterocycles. The van der Waals surface area contributed by atoms with Crippen LogP contribution in [0, 0.1) is 0 Å². The second kappa shape index (κ2) is 6.11. The van der Waals surface area contributed by atoms with Crippen LogP contribution < -0.4 is 0 Å². The SMILES string of the molecule is COCCn1nnc2c1CC(c1nc(-c3cn(C)nn3)no1)CC2. The number of ether oxygens (including phenoxy) is 1. The maximum absolute atomic E-state index is 5.47. The van der Waals surface area contributed by atoms with Crippen LogP contribution in [0.3, 0.4) is 0 Å². The Morgan fingerprint density at radius 2 is 2.25 bits per heavy atom. The molecular formula is C14H18N8O2. The van der Waals surface area contributed by atoms with E-state index in [1.165, 1.54) is 0 Å². The molecule has 0 radical (unpaired) electrons. The molecule has 0 saturated carbocycles. The van der Waals surface area contributed by atoms with Crippen molar-refractivity contribution in [2.75, 3.05) is 13.7 Å². The minimum Gasteiger partial charge on any atom is -0.383 e. The van der Waals surface area contributed by atoms with Crippen LogP contribution in [0.5, 0.6) is 0 Å². The Kier molecular flexibility index (Phi) is 3.81. The predicted molar refractivity (Wildman–Crippen MR) is 81.0 cm³/mol. The van der Waals surface area contributed by atoms with Gasteiger partial charge < -0.3 is 9.26 Å². The number of methoxy groups -OCH3 is 1. The van der Waals surface area contributed by atoms with Gasteiger partial charge in [0.05, 0.1) is 30.7 Å². The van der Waals surface area contributed by atoms with Gasteiger partial charge in [-0.25, -0.2) is 4.68 Å². The molecule has 0 amide bonds. The summed E-state index contributed by atoms with van der Waals surface area (Å²) in [6.45, 7) is 1.30. The van der Waals surface area contributed by atoms with E-state index < -0.39 is 0 Å². The van der Waals surface area contributed by atoms with E-state index >= 15 is 0 Å². The molecule has 3 heterocycles. The normalized spacial score (nSPS) is 17.2. The molecule has 10 heteroatoms. The smallest absolute Gasteiger partial charge is 0.230 e. The van der Waals surface area contributed by atoms with Crippen molar-refractivity contribution < 1.29 is 9.26 Å². The molecule has 126 valence electrons. The summed E-state index contributed by atoms with van der Waals surface area (Å²) >= 11 is 0. The number of nitrogens with zero attached hydrogens (tertiary/aromatic N) is 8. The molecule has 0 aliphatic heterocycles. The standard InChI is InChI=1S/C14H18N8O2/c1-21-8-11(17-19-21)13-15-14(24-18-13)9-3-4-10-12(7-9)22(20-16-10)5-6-23-2/h8-9H,3-7H2,1-2H3. The molecule has 0 bridgehead atoms. The second-order valence-corrected chi connectivity index (χ2v) is 5.87. The van der Waals surface area contributed by atoms with Crippen LogP contribution in [0.1, 0.15) is 29.6 Å². The summed E-state index contributed by atoms with van der Waals surface area (Å²) in [6, 6.07) is 0. The van der Waals surface area contributed by atoms with Crippen LogP contribution in [-0.2, 0) is 31.2 Å². The lowest BCUT2D eigenvalue weighted by Gasteiger charge is -2.18. The van der Waals surface area contributed by atoms with Gasteiger partial charge in [-0.05, 0) is 12.8 Å². The van der Waals surface area contributed by atoms with Gasteiger partial charge in [0.15, 0.2) is 5.69 Å². The highest BCUT2D eigenvalue weighted by Gasteiger charge is 2.29. The fourth-order valence-electron chi connectivity index (χ4n) is 2.96. The van der Waals surface area contributed by atoms with Gasteiger partial charge in [0.2, 0.25) is 11.7 Å². The summed E-state index contributed by atoms with van der Waals surface area (Å²) in [5.74, 6) is 1.26. The minimum absolute atomic E-state index is 0.162. The summed E-state index contributed by atoms with van der Waals surface area (Å²) < 4.78 is 14.1. The van der Waals surface area contributed by atoms with E-state index in [2.05, 4.69) is 30.8 Å². The molecule has 4 rings (SSSR count). The third-order valence-corrected chi connectivity index (χ3v) is 4.22. The molecule has 10 nitrogen and oxygen atoms in total. The molecular weight excluding hydrogens is 312 g/mol. The van der Waals surface area contributed by atoms with Crippen LogP contribution >= 0.6 is 0 Å². The molecule has 1 aliphatic rings. The Labute approximate surface area is 137 Å². The number of hydrogen-bond donors (Lipinski definition) is 0. The molecule has 1 unspecified atom stereocenters. The van der Waals surface area contributed by atoms with E-state index in [4.69, 9.17) is 9.26 Å². The average Bonchev–Trinajstić information content (AvgIpc) is 3.31. The van der Waals surface area contributed by atoms with Crippen molar-refractivity contribution in [1.82, 2.24) is 40.1 Å². The van der Waals surface area contributed by atoms with Gasteiger partial charge in [-0.2, -0.15) is 4.98 Å². The van der Waals surface area contributed by atoms with Crippen LogP contribution in [-0.4, -0.2) is 53.8 Å². The maximum Gasteiger partial charge on any atom is 0.230 e. The van der Waals surface area contributed by atoms with Gasteiger partial charge in [0.25, 0.3) is 0 Å². The van der Waals surface area contributed by atoms with Crippen LogP contribution in [0.4, 0.5) is 0 Å². The van der Waals surface area contributed by atoms with Crippen LogP contribution in [0.25, 0.3) is 11.5 Å². The lowest BCUT2D eigenvalue weighted by atomic mass is 9.89. The zero-order chi connectivity index (χ0) is 16.5. The van der Waals surface area contributed by atoms with E-state index in [0.717, 1.165) is 30.7 Å². The van der Waals surface area contributed by atoms with E-state index in [1.54, 1.807) is 25.0 Å². The van der Waals surface area contributed by atoms with Crippen molar-refractivity contribution in [3.8, 4) is 11.5 Å². The highest BCUT2D eigenvalue weighted by molar-refractivity contribution is 5.45. The third kappa shape index (κ3) is 2.68. The molecule has 3 aromatic heterocycles. The summed E-state index contributed by atoms with van der Waals surface area (Å²) in [6.07, 6.45) is 4.32. The molecule has 1 atom stereocenters. The van der Waals surface area contributed by atoms with E-state index in [-0.39, 0.29) is 5.92 Å². The fourth-order valence-corrected chi connectivity index (χ4v) is 2.96. The minimum atomic E-state index is 0.162. The molecule has 0 fully saturated rings. The number of aromatic nitrogens is 8. The maximum atomic E-state index is 5.47. The predicted octanol–water partition coefficient (Wildman–Crippen LogP) is 0.375. The van der Waals surface area contributed by atoms with Crippen molar-refractivity contribution in [1.29, 1.82) is 0 Å². The molecule has 0 aromatic carbocycles. The molecule has 0 spiro atoms. The van der Waals surface area contributed by atoms with E-state index in [0.29, 0.717) is 30.6 Å². The first kappa shape index (κ1) is 14.9. The van der Waals surface area contributed by atoms with Crippen molar-refractivity contribution in [2.45, 2.75) is 31.7 Å². The Balaban J connectivity index is 1.54. The molecule has 1 aliphatic carbocycles. The van der Waals surface area contributed by atoms with Crippen LogP contribution in [0.2, 0.25) is 0 Å². The Morgan fingerprint density at radius 3 is 3.04 bits per heavy atom. The van der Waals surface area contributed by atoms with Crippen molar-refractivity contribution >= 4 is 0 Å². The largest absolute Gasteiger partial charge is 0.383 e. The number of fused-ring (bicyclic) bond motifs is 1. The van der Waals surface area contributed by atoms with Crippen LogP contribution in [0.15, 0.2) is 10.7 Å². The summed E-state index contributed by atoms with van der Waals surface area (Å²) in [5, 5.41) is 20.4. The van der Waals surface area contributed by atoms with Gasteiger partial charge in [-0.1, -0.05) is 15.6 Å². The quantitative estimate of drug-likeness (QED) is 0.660. The fraction of sp³-hybridized carbons (Fsp3) is 0.571. The first-order chi connectivity index (χ1) is 11.7. The highest BCUT2D eigenvalue weighted by Crippen LogP contribution is 2.31. The van der Waals surface area contributed by atoms with Gasteiger partial charge in [0.1, 0.15) is 0 Å². The van der Waals surface area contributed by atoms with Gasteiger partial charge in [-0.3, -0.25) is 4.68 Å². The molecule has 3 aromatic rings. The third-order valence-electron chi connectivity index (χ3n) is 4.22. The zero-order valence-corrected chi connectivity index (χ0v) is 13.6. The van der Waals surface area contributed by atoms with E-state index in [9.17, 15) is 0 Å². The molecule has 0 N–H and O–H groups in total. The van der Waals surface area contributed by atoms with Crippen molar-refractivity contribution in [2.24, 2.45) is 7.05 Å². The van der Waals surface area contributed by atoms with Crippen molar-refractivity contribution in [3.63, 3.8) is 0 Å². The first-order valence-corrected chi connectivity index (χ1v) is 7.85. The summed E-state index contributed by atoms with van der Waals surface area (Å²) in [5.41, 5.74) is 2.79. The average molecular weight is 330 g/mol. The van der Waals surface area contributed by atoms with Gasteiger partial charge in [0, 0.05) is 26.5 Å². The number of hydrogen-bond acceptors (Lipinski definition) is 8. The monoisotopic (exact) mass is 330 g/mol. The number of aryl methyl sites for hydroxylation is 2. The Bertz CT molecular complexity index is 836. The number of rotatable bonds is 5. The lowest BCUT2D eigenvalue weighted by Crippen LogP contribution is -2.18. The van der Waals surface area contributed by atoms with E-state index in [1.807, 2.05) is 4.68 Å². The summed E-state index contributed by atoms with van der Waals surface area (Å²) in [4.78, 5) is 4.50. The second-order valence-electron chi connectivity index (χ2n) is 5.87. The Morgan fingerprint density at radius 1 is 1.33 bits per heavy atom. The topological polar surface area (TPSA) is 110 Å². The lowest BCUT2D eigenvalue weighted by molar-refractivity contribution is 0.181. The zero-order valence-electron chi connectivity index (χ0n) is 13.6. The Hall–Kier alpha value is -2.62. The van der Waals surface area contributed by atoms with Gasteiger partial charge >= 0.3 is 0 Å². The molecule has 24 heavy (non-hydrogen) atoms. The first-order valence-electron chi connectivity index (χ1n) is 7.85. The van der Waals surface area contributed by atoms with Crippen molar-refractivity contribution in [3.05, 3.63) is 23.5 Å². The summed E-state index contributed by atoms with van der Waals surface area (Å²) in [7, 11) is 3.48. The van der Waals surface area contributed by atoms with Gasteiger partial charge in [-0.15, -0.1) is 10.2 Å².